The second-order valence-electron chi connectivity index (χ2n) is 6.83. The molecule has 0 bridgehead atoms. The molecule has 1 aromatic rings. The number of nitrogens with one attached hydrogen (secondary N) is 1. The first-order valence-corrected chi connectivity index (χ1v) is 9.22. The van der Waals surface area contributed by atoms with Gasteiger partial charge in [0.15, 0.2) is 0 Å². The van der Waals surface area contributed by atoms with E-state index in [0.29, 0.717) is 32.6 Å². The second-order valence-corrected chi connectivity index (χ2v) is 6.83. The monoisotopic (exact) mass is 403 g/mol. The smallest absolute Gasteiger partial charge is 0.317 e. The molecule has 11 heteroatoms. The average molecular weight is 403 g/mol. The van der Waals surface area contributed by atoms with Gasteiger partial charge in [0.1, 0.15) is 0 Å². The zero-order valence-electron chi connectivity index (χ0n) is 15.9. The fourth-order valence-electron chi connectivity index (χ4n) is 3.36. The molecule has 3 rings (SSSR count). The molecule has 1 aromatic carbocycles. The number of urea groups is 1. The third-order valence-electron chi connectivity index (χ3n) is 5.01. The molecule has 2 heterocycles. The molecule has 1 N–H and O–H groups in total. The summed E-state index contributed by atoms with van der Waals surface area (Å²) in [4.78, 5) is 62.8. The van der Waals surface area contributed by atoms with Crippen molar-refractivity contribution in [3.8, 4) is 0 Å². The highest BCUT2D eigenvalue weighted by molar-refractivity contribution is 6.21. The van der Waals surface area contributed by atoms with Gasteiger partial charge in [0.2, 0.25) is 5.91 Å². The van der Waals surface area contributed by atoms with E-state index >= 15 is 0 Å². The highest BCUT2D eigenvalue weighted by Gasteiger charge is 2.36. The lowest BCUT2D eigenvalue weighted by Crippen LogP contribution is -2.53. The highest BCUT2D eigenvalue weighted by Crippen LogP contribution is 2.26. The maximum atomic E-state index is 12.4. The number of imide groups is 1. The van der Waals surface area contributed by atoms with Crippen molar-refractivity contribution in [3.05, 3.63) is 39.4 Å². The Labute approximate surface area is 166 Å². The molecule has 11 nitrogen and oxygen atoms in total. The van der Waals surface area contributed by atoms with Crippen LogP contribution in [0.15, 0.2) is 18.2 Å². The number of benzene rings is 1. The normalized spacial score (nSPS) is 16.1. The zero-order valence-corrected chi connectivity index (χ0v) is 15.9. The number of carbonyl (C=O) groups excluding carboxylic acids is 4. The van der Waals surface area contributed by atoms with Crippen molar-refractivity contribution in [2.75, 3.05) is 39.3 Å². The third kappa shape index (κ3) is 4.18. The topological polar surface area (TPSA) is 133 Å². The van der Waals surface area contributed by atoms with Crippen LogP contribution >= 0.6 is 0 Å². The number of nitrogens with zero attached hydrogens (tertiary/aromatic N) is 4. The van der Waals surface area contributed by atoms with Gasteiger partial charge in [0, 0.05) is 58.3 Å². The van der Waals surface area contributed by atoms with Crippen molar-refractivity contribution >= 4 is 29.4 Å². The molecule has 29 heavy (non-hydrogen) atoms. The standard InChI is InChI=1S/C18H21N5O6/c1-12(24)20-7-9-21(10-8-20)18(27)19-5-2-6-22-16(25)14-4-3-13(23(28)29)11-15(14)17(22)26/h3-4,11H,2,5-10H2,1H3,(H,19,27). The highest BCUT2D eigenvalue weighted by atomic mass is 16.6. The molecular weight excluding hydrogens is 382 g/mol. The first-order valence-electron chi connectivity index (χ1n) is 9.22. The quantitative estimate of drug-likeness (QED) is 0.329. The van der Waals surface area contributed by atoms with E-state index in [1.165, 1.54) is 19.1 Å². The Hall–Kier alpha value is -3.50. The number of nitro benzene ring substituents is 1. The third-order valence-corrected chi connectivity index (χ3v) is 5.01. The number of nitro groups is 1. The van der Waals surface area contributed by atoms with Crippen molar-refractivity contribution in [2.45, 2.75) is 13.3 Å². The molecule has 1 fully saturated rings. The molecule has 2 aliphatic heterocycles. The van der Waals surface area contributed by atoms with Gasteiger partial charge in [-0.2, -0.15) is 0 Å². The van der Waals surface area contributed by atoms with E-state index in [1.54, 1.807) is 9.80 Å². The molecule has 154 valence electrons. The van der Waals surface area contributed by atoms with Gasteiger partial charge in [-0.1, -0.05) is 0 Å². The first kappa shape index (κ1) is 20.2. The molecule has 1 saturated heterocycles. The molecule has 2 aliphatic rings. The predicted molar refractivity (Wildman–Crippen MR) is 100 cm³/mol. The number of piperazine rings is 1. The van der Waals surface area contributed by atoms with Crippen LogP contribution in [0.25, 0.3) is 0 Å². The van der Waals surface area contributed by atoms with Gasteiger partial charge in [-0.05, 0) is 12.5 Å². The van der Waals surface area contributed by atoms with E-state index in [4.69, 9.17) is 0 Å². The fraction of sp³-hybridized carbons (Fsp3) is 0.444. The Morgan fingerprint density at radius 3 is 2.31 bits per heavy atom. The van der Waals surface area contributed by atoms with E-state index in [0.717, 1.165) is 11.0 Å². The lowest BCUT2D eigenvalue weighted by atomic mass is 10.1. The average Bonchev–Trinajstić information content (AvgIpc) is 2.95. The summed E-state index contributed by atoms with van der Waals surface area (Å²) in [6, 6.07) is 3.33. The fourth-order valence-corrected chi connectivity index (χ4v) is 3.36. The summed E-state index contributed by atoms with van der Waals surface area (Å²) in [5.41, 5.74) is -0.0755. The molecule has 0 aromatic heterocycles. The van der Waals surface area contributed by atoms with Gasteiger partial charge < -0.3 is 15.1 Å². The van der Waals surface area contributed by atoms with E-state index in [1.807, 2.05) is 0 Å². The van der Waals surface area contributed by atoms with Gasteiger partial charge in [0.05, 0.1) is 16.1 Å². The van der Waals surface area contributed by atoms with Crippen molar-refractivity contribution in [3.63, 3.8) is 0 Å². The summed E-state index contributed by atoms with van der Waals surface area (Å²) in [5, 5.41) is 13.6. The lowest BCUT2D eigenvalue weighted by molar-refractivity contribution is -0.384. The maximum Gasteiger partial charge on any atom is 0.317 e. The maximum absolute atomic E-state index is 12.4. The van der Waals surface area contributed by atoms with Gasteiger partial charge in [-0.3, -0.25) is 29.4 Å². The van der Waals surface area contributed by atoms with Crippen LogP contribution in [0.2, 0.25) is 0 Å². The summed E-state index contributed by atoms with van der Waals surface area (Å²) in [5.74, 6) is -1.08. The van der Waals surface area contributed by atoms with Gasteiger partial charge in [0.25, 0.3) is 17.5 Å². The first-order chi connectivity index (χ1) is 13.8. The summed E-state index contributed by atoms with van der Waals surface area (Å²) in [7, 11) is 0. The Morgan fingerprint density at radius 1 is 1.07 bits per heavy atom. The Morgan fingerprint density at radius 2 is 1.69 bits per heavy atom. The lowest BCUT2D eigenvalue weighted by Gasteiger charge is -2.34. The number of amides is 5. The van der Waals surface area contributed by atoms with E-state index in [9.17, 15) is 29.3 Å². The molecule has 0 spiro atoms. The SMILES string of the molecule is CC(=O)N1CCN(C(=O)NCCCN2C(=O)c3ccc([N+](=O)[O-])cc3C2=O)CC1. The minimum atomic E-state index is -0.619. The molecule has 0 unspecified atom stereocenters. The Balaban J connectivity index is 1.47. The summed E-state index contributed by atoms with van der Waals surface area (Å²) < 4.78 is 0. The molecule has 5 amide bonds. The van der Waals surface area contributed by atoms with Crippen LogP contribution in [0.4, 0.5) is 10.5 Å². The van der Waals surface area contributed by atoms with Crippen LogP contribution in [0.5, 0.6) is 0 Å². The van der Waals surface area contributed by atoms with Crippen molar-refractivity contribution < 1.29 is 24.1 Å². The summed E-state index contributed by atoms with van der Waals surface area (Å²) in [6.45, 7) is 3.73. The van der Waals surface area contributed by atoms with Crippen LogP contribution < -0.4 is 5.32 Å². The molecule has 0 radical (unpaired) electrons. The van der Waals surface area contributed by atoms with Gasteiger partial charge in [-0.25, -0.2) is 4.79 Å². The van der Waals surface area contributed by atoms with Crippen molar-refractivity contribution in [1.29, 1.82) is 0 Å². The second kappa shape index (κ2) is 8.25. The van der Waals surface area contributed by atoms with Crippen molar-refractivity contribution in [1.82, 2.24) is 20.0 Å². The van der Waals surface area contributed by atoms with Crippen LogP contribution in [0.3, 0.4) is 0 Å². The Kier molecular flexibility index (Phi) is 5.76. The van der Waals surface area contributed by atoms with Gasteiger partial charge in [-0.15, -0.1) is 0 Å². The van der Waals surface area contributed by atoms with Crippen LogP contribution in [-0.2, 0) is 4.79 Å². The number of hydrogen-bond donors (Lipinski definition) is 1. The number of rotatable bonds is 5. The number of non-ortho nitro benzene ring substituents is 1. The largest absolute Gasteiger partial charge is 0.339 e. The number of fused-ring (bicyclic) bond motifs is 1. The number of carbonyl (C=O) groups is 4. The Bertz CT molecular complexity index is 877. The molecule has 0 saturated carbocycles. The zero-order chi connectivity index (χ0) is 21.1. The summed E-state index contributed by atoms with van der Waals surface area (Å²) >= 11 is 0. The van der Waals surface area contributed by atoms with Crippen molar-refractivity contribution in [2.24, 2.45) is 0 Å². The molecule has 0 aliphatic carbocycles. The predicted octanol–water partition coefficient (Wildman–Crippen LogP) is 0.455. The van der Waals surface area contributed by atoms with Gasteiger partial charge >= 0.3 is 6.03 Å². The van der Waals surface area contributed by atoms with E-state index < -0.39 is 16.7 Å². The van der Waals surface area contributed by atoms with E-state index in [2.05, 4.69) is 5.32 Å². The van der Waals surface area contributed by atoms with E-state index in [-0.39, 0.29) is 41.8 Å². The molecule has 0 atom stereocenters. The minimum absolute atomic E-state index is 0.0173. The van der Waals surface area contributed by atoms with Crippen LogP contribution in [-0.4, -0.2) is 82.6 Å². The van der Waals surface area contributed by atoms with Crippen LogP contribution in [0, 0.1) is 10.1 Å². The van der Waals surface area contributed by atoms with Crippen LogP contribution in [0.1, 0.15) is 34.1 Å². The minimum Gasteiger partial charge on any atom is -0.339 e. The summed E-state index contributed by atoms with van der Waals surface area (Å²) in [6.07, 6.45) is 0.354. The number of hydrogen-bond acceptors (Lipinski definition) is 6. The molecular formula is C18H21N5O6.